The van der Waals surface area contributed by atoms with Crippen molar-refractivity contribution in [3.05, 3.63) is 58.9 Å². The number of halogens is 1. The first-order chi connectivity index (χ1) is 13.7. The monoisotopic (exact) mass is 435 g/mol. The zero-order chi connectivity index (χ0) is 21.2. The quantitative estimate of drug-likeness (QED) is 0.481. The fraction of sp³-hybridized carbons (Fsp3) is 0.300. The first-order valence-corrected chi connectivity index (χ1v) is 11.0. The number of nitrogens with zero attached hydrogens (tertiary/aromatic N) is 1. The molecule has 0 bridgehead atoms. The lowest BCUT2D eigenvalue weighted by molar-refractivity contribution is 0.249. The van der Waals surface area contributed by atoms with Crippen LogP contribution in [0.15, 0.2) is 53.1 Å². The van der Waals surface area contributed by atoms with E-state index in [-0.39, 0.29) is 16.8 Å². The predicted molar refractivity (Wildman–Crippen MR) is 112 cm³/mol. The van der Waals surface area contributed by atoms with E-state index in [1.807, 2.05) is 13.0 Å². The number of phenols is 1. The number of aromatic nitrogens is 1. The smallest absolute Gasteiger partial charge is 0.319 e. The fourth-order valence-electron chi connectivity index (χ4n) is 3.22. The van der Waals surface area contributed by atoms with E-state index >= 15 is 0 Å². The molecule has 0 spiro atoms. The molecule has 2 amide bonds. The molecule has 0 radical (unpaired) electrons. The summed E-state index contributed by atoms with van der Waals surface area (Å²) in [6, 6.07) is 7.00. The minimum absolute atomic E-state index is 0.0432. The van der Waals surface area contributed by atoms with Crippen molar-refractivity contribution in [2.75, 3.05) is 5.32 Å². The Labute approximate surface area is 174 Å². The van der Waals surface area contributed by atoms with Crippen molar-refractivity contribution in [2.45, 2.75) is 42.9 Å². The molecule has 1 aromatic heterocycles. The van der Waals surface area contributed by atoms with Gasteiger partial charge in [-0.25, -0.2) is 13.2 Å². The van der Waals surface area contributed by atoms with Gasteiger partial charge >= 0.3 is 6.03 Å². The summed E-state index contributed by atoms with van der Waals surface area (Å²) >= 11 is 6.12. The Kier molecular flexibility index (Phi) is 6.14. The van der Waals surface area contributed by atoms with Crippen LogP contribution in [0.3, 0.4) is 0 Å². The van der Waals surface area contributed by atoms with Gasteiger partial charge < -0.3 is 15.7 Å². The average molecular weight is 436 g/mol. The molecule has 1 aliphatic carbocycles. The summed E-state index contributed by atoms with van der Waals surface area (Å²) in [5.41, 5.74) is 1.34. The second kappa shape index (κ2) is 8.42. The third-order valence-electron chi connectivity index (χ3n) is 4.96. The molecule has 2 unspecified atom stereocenters. The third-order valence-corrected chi connectivity index (χ3v) is 7.54. The summed E-state index contributed by atoms with van der Waals surface area (Å²) in [5, 5.41) is 14.8. The molecule has 1 heterocycles. The highest BCUT2D eigenvalue weighted by atomic mass is 35.5. The molecule has 154 valence electrons. The number of hydrogen-bond acceptors (Lipinski definition) is 5. The zero-order valence-corrected chi connectivity index (χ0v) is 17.6. The largest absolute Gasteiger partial charge is 0.504 e. The highest BCUT2D eigenvalue weighted by molar-refractivity contribution is 7.91. The minimum atomic E-state index is -4.07. The van der Waals surface area contributed by atoms with Gasteiger partial charge in [0.25, 0.3) is 0 Å². The number of carbonyl (C=O) groups excluding carboxylic acids is 1. The molecule has 9 heteroatoms. The van der Waals surface area contributed by atoms with Crippen LogP contribution in [0.4, 0.5) is 10.5 Å². The van der Waals surface area contributed by atoms with Gasteiger partial charge in [0.05, 0.1) is 22.4 Å². The third kappa shape index (κ3) is 4.38. The van der Waals surface area contributed by atoms with Crippen molar-refractivity contribution >= 4 is 33.2 Å². The average Bonchev–Trinajstić information content (AvgIpc) is 3.08. The van der Waals surface area contributed by atoms with E-state index in [1.54, 1.807) is 18.2 Å². The normalized spacial score (nSPS) is 17.5. The summed E-state index contributed by atoms with van der Waals surface area (Å²) in [7, 11) is -4.07. The molecule has 2 atom stereocenters. The van der Waals surface area contributed by atoms with E-state index in [0.29, 0.717) is 5.69 Å². The van der Waals surface area contributed by atoms with Crippen LogP contribution in [-0.4, -0.2) is 30.6 Å². The van der Waals surface area contributed by atoms with Crippen LogP contribution in [0.2, 0.25) is 5.02 Å². The van der Waals surface area contributed by atoms with Gasteiger partial charge in [-0.2, -0.15) is 0 Å². The van der Waals surface area contributed by atoms with Gasteiger partial charge in [-0.05, 0) is 51.0 Å². The minimum Gasteiger partial charge on any atom is -0.504 e. The van der Waals surface area contributed by atoms with Crippen molar-refractivity contribution in [3.63, 3.8) is 0 Å². The number of aromatic hydroxyl groups is 1. The molecule has 29 heavy (non-hydrogen) atoms. The molecular weight excluding hydrogens is 414 g/mol. The number of hydrogen-bond donors (Lipinski definition) is 3. The summed E-state index contributed by atoms with van der Waals surface area (Å²) < 4.78 is 26.2. The summed E-state index contributed by atoms with van der Waals surface area (Å²) in [4.78, 5) is 16.0. The Bertz CT molecular complexity index is 1050. The number of benzene rings is 1. The van der Waals surface area contributed by atoms with Gasteiger partial charge in [-0.3, -0.25) is 4.98 Å². The van der Waals surface area contributed by atoms with E-state index in [2.05, 4.69) is 15.6 Å². The molecule has 3 N–H and O–H groups in total. The molecule has 0 fully saturated rings. The zero-order valence-electron chi connectivity index (χ0n) is 16.0. The van der Waals surface area contributed by atoms with Gasteiger partial charge in [-0.1, -0.05) is 29.3 Å². The maximum atomic E-state index is 13.1. The number of rotatable bonds is 5. The van der Waals surface area contributed by atoms with Crippen LogP contribution < -0.4 is 10.6 Å². The Morgan fingerprint density at radius 1 is 1.31 bits per heavy atom. The number of sulfone groups is 1. The van der Waals surface area contributed by atoms with Crippen molar-refractivity contribution in [1.82, 2.24) is 10.3 Å². The maximum Gasteiger partial charge on any atom is 0.319 e. The van der Waals surface area contributed by atoms with Gasteiger partial charge in [0.1, 0.15) is 10.1 Å². The summed E-state index contributed by atoms with van der Waals surface area (Å²) in [6.07, 6.45) is 5.23. The van der Waals surface area contributed by atoms with Crippen LogP contribution in [-0.2, 0) is 9.84 Å². The van der Waals surface area contributed by atoms with Crippen molar-refractivity contribution in [2.24, 2.45) is 0 Å². The number of amides is 2. The molecular formula is C20H22ClN3O4S. The van der Waals surface area contributed by atoms with Gasteiger partial charge in [0.15, 0.2) is 15.6 Å². The molecule has 0 saturated heterocycles. The highest BCUT2D eigenvalue weighted by Crippen LogP contribution is 2.41. The van der Waals surface area contributed by atoms with Gasteiger partial charge in [-0.15, -0.1) is 0 Å². The van der Waals surface area contributed by atoms with Crippen LogP contribution in [0.1, 0.15) is 37.6 Å². The Balaban J connectivity index is 1.89. The molecule has 2 aromatic rings. The Morgan fingerprint density at radius 2 is 2.07 bits per heavy atom. The van der Waals surface area contributed by atoms with E-state index in [9.17, 15) is 18.3 Å². The number of nitrogens with one attached hydrogen (secondary N) is 2. The standard InChI is InChI=1S/C20H22ClN3O4S/c1-12-6-5-8-15(12)23-20(26)24-17-10-9-14(21)19(18(17)25)29(27,28)13(2)16-7-3-4-11-22-16/h3-4,6-7,9-11,13,15,25H,5,8H2,1-2H3,(H2,23,24,26). The second-order valence-corrected chi connectivity index (χ2v) is 9.50. The number of urea groups is 1. The van der Waals surface area contributed by atoms with Crippen LogP contribution in [0.5, 0.6) is 5.75 Å². The molecule has 3 rings (SSSR count). The van der Waals surface area contributed by atoms with E-state index in [1.165, 1.54) is 25.3 Å². The molecule has 7 nitrogen and oxygen atoms in total. The summed E-state index contributed by atoms with van der Waals surface area (Å²) in [5.74, 6) is -0.603. The van der Waals surface area contributed by atoms with E-state index in [0.717, 1.165) is 18.4 Å². The number of phenolic OH excluding ortho intramolecular Hbond substituents is 1. The first kappa shape index (κ1) is 21.1. The van der Waals surface area contributed by atoms with Crippen molar-refractivity contribution < 1.29 is 18.3 Å². The summed E-state index contributed by atoms with van der Waals surface area (Å²) in [6.45, 7) is 3.40. The molecule has 1 aliphatic rings. The van der Waals surface area contributed by atoms with Crippen molar-refractivity contribution in [3.8, 4) is 5.75 Å². The SMILES string of the molecule is CC1=CCCC1NC(=O)Nc1ccc(Cl)c(S(=O)(=O)C(C)c2ccccn2)c1O. The maximum absolute atomic E-state index is 13.1. The number of carbonyl (C=O) groups is 1. The van der Waals surface area contributed by atoms with E-state index in [4.69, 9.17) is 11.6 Å². The fourth-order valence-corrected chi connectivity index (χ4v) is 5.23. The topological polar surface area (TPSA) is 108 Å². The lowest BCUT2D eigenvalue weighted by atomic mass is 10.2. The second-order valence-electron chi connectivity index (χ2n) is 6.89. The number of pyridine rings is 1. The van der Waals surface area contributed by atoms with Crippen LogP contribution >= 0.6 is 11.6 Å². The Morgan fingerprint density at radius 3 is 2.69 bits per heavy atom. The molecule has 0 saturated carbocycles. The van der Waals surface area contributed by atoms with Crippen molar-refractivity contribution in [1.29, 1.82) is 0 Å². The molecule has 0 aliphatic heterocycles. The van der Waals surface area contributed by atoms with Crippen LogP contribution in [0, 0.1) is 0 Å². The number of allylic oxidation sites excluding steroid dienone is 1. The van der Waals surface area contributed by atoms with E-state index < -0.39 is 31.8 Å². The number of anilines is 1. The first-order valence-electron chi connectivity index (χ1n) is 9.12. The van der Waals surface area contributed by atoms with Gasteiger partial charge in [0.2, 0.25) is 0 Å². The van der Waals surface area contributed by atoms with Crippen LogP contribution in [0.25, 0.3) is 0 Å². The predicted octanol–water partition coefficient (Wildman–Crippen LogP) is 4.21. The highest BCUT2D eigenvalue weighted by Gasteiger charge is 2.32. The lowest BCUT2D eigenvalue weighted by Gasteiger charge is -2.18. The van der Waals surface area contributed by atoms with Gasteiger partial charge in [0, 0.05) is 6.20 Å². The Hall–Kier alpha value is -2.58. The molecule has 1 aromatic carbocycles. The lowest BCUT2D eigenvalue weighted by Crippen LogP contribution is -2.37.